The van der Waals surface area contributed by atoms with Gasteiger partial charge in [-0.2, -0.15) is 0 Å². The van der Waals surface area contributed by atoms with Crippen molar-refractivity contribution in [2.45, 2.75) is 52.2 Å². The zero-order valence-corrected chi connectivity index (χ0v) is 9.50. The smallest absolute Gasteiger partial charge is 0.432 e. The van der Waals surface area contributed by atoms with Crippen molar-refractivity contribution >= 4 is 6.16 Å². The summed E-state index contributed by atoms with van der Waals surface area (Å²) in [5, 5.41) is 0. The highest BCUT2D eigenvalue weighted by Gasteiger charge is 2.23. The topological polar surface area (TPSA) is 61.5 Å². The second kappa shape index (κ2) is 5.86. The maximum absolute atomic E-state index is 11.0. The number of rotatable bonds is 5. The molecule has 4 heteroatoms. The van der Waals surface area contributed by atoms with Crippen LogP contribution in [-0.2, 0) is 9.47 Å². The van der Waals surface area contributed by atoms with Crippen LogP contribution >= 0.6 is 0 Å². The predicted octanol–water partition coefficient (Wildman–Crippen LogP) is 2.07. The van der Waals surface area contributed by atoms with Gasteiger partial charge in [-0.05, 0) is 26.7 Å². The van der Waals surface area contributed by atoms with Crippen molar-refractivity contribution in [3.63, 3.8) is 0 Å². The van der Waals surface area contributed by atoms with Gasteiger partial charge in [0.2, 0.25) is 0 Å². The number of ether oxygens (including phenoxy) is 2. The minimum absolute atomic E-state index is 0.155. The Kier molecular flexibility index (Phi) is 5.53. The Bertz CT molecular complexity index is 176. The van der Waals surface area contributed by atoms with E-state index < -0.39 is 11.7 Å². The van der Waals surface area contributed by atoms with Gasteiger partial charge in [0.1, 0.15) is 6.61 Å². The van der Waals surface area contributed by atoms with E-state index in [9.17, 15) is 4.79 Å². The Morgan fingerprint density at radius 1 is 1.36 bits per heavy atom. The number of hydrogen-bond acceptors (Lipinski definition) is 4. The quantitative estimate of drug-likeness (QED) is 0.695. The number of hydrogen-bond donors (Lipinski definition) is 1. The molecule has 0 bridgehead atoms. The van der Waals surface area contributed by atoms with Gasteiger partial charge in [0, 0.05) is 5.54 Å². The van der Waals surface area contributed by atoms with Crippen molar-refractivity contribution in [2.75, 3.05) is 6.61 Å². The molecular formula is C10H21NO3. The van der Waals surface area contributed by atoms with Crippen molar-refractivity contribution in [3.05, 3.63) is 0 Å². The molecule has 0 fully saturated rings. The van der Waals surface area contributed by atoms with Crippen LogP contribution in [0.4, 0.5) is 4.79 Å². The van der Waals surface area contributed by atoms with Gasteiger partial charge < -0.3 is 15.2 Å². The molecule has 0 atom stereocenters. The van der Waals surface area contributed by atoms with E-state index in [0.717, 1.165) is 12.8 Å². The lowest BCUT2D eigenvalue weighted by molar-refractivity contribution is 0.0202. The number of carbonyl (C=O) groups excluding carboxylic acids is 1. The van der Waals surface area contributed by atoms with E-state index in [2.05, 4.69) is 0 Å². The molecule has 0 aromatic carbocycles. The van der Waals surface area contributed by atoms with Gasteiger partial charge in [-0.25, -0.2) is 4.79 Å². The van der Waals surface area contributed by atoms with E-state index in [-0.39, 0.29) is 12.7 Å². The molecule has 0 unspecified atom stereocenters. The molecule has 0 aromatic heterocycles. The first-order valence-electron chi connectivity index (χ1n) is 5.05. The summed E-state index contributed by atoms with van der Waals surface area (Å²) < 4.78 is 9.73. The summed E-state index contributed by atoms with van der Waals surface area (Å²) in [6, 6.07) is 0. The highest BCUT2D eigenvalue weighted by molar-refractivity contribution is 5.60. The lowest BCUT2D eigenvalue weighted by Crippen LogP contribution is -2.44. The molecule has 0 radical (unpaired) electrons. The van der Waals surface area contributed by atoms with Crippen LogP contribution in [-0.4, -0.2) is 24.4 Å². The van der Waals surface area contributed by atoms with Crippen LogP contribution in [0.25, 0.3) is 0 Å². The van der Waals surface area contributed by atoms with E-state index in [1.807, 2.05) is 13.8 Å². The molecule has 0 rings (SSSR count). The van der Waals surface area contributed by atoms with Gasteiger partial charge in [-0.1, -0.05) is 13.8 Å². The first kappa shape index (κ1) is 13.2. The molecule has 0 saturated heterocycles. The molecule has 4 nitrogen and oxygen atoms in total. The third kappa shape index (κ3) is 5.07. The average Bonchev–Trinajstić information content (AvgIpc) is 2.13. The molecule has 2 N–H and O–H groups in total. The highest BCUT2D eigenvalue weighted by atomic mass is 16.7. The Balaban J connectivity index is 3.86. The van der Waals surface area contributed by atoms with Gasteiger partial charge in [0.05, 0.1) is 6.10 Å². The van der Waals surface area contributed by atoms with Crippen LogP contribution in [0, 0.1) is 0 Å². The lowest BCUT2D eigenvalue weighted by Gasteiger charge is -2.25. The molecule has 0 saturated carbocycles. The summed E-state index contributed by atoms with van der Waals surface area (Å²) in [5.74, 6) is 0. The number of carbonyl (C=O) groups is 1. The summed E-state index contributed by atoms with van der Waals surface area (Å²) in [4.78, 5) is 11.0. The minimum Gasteiger partial charge on any atom is -0.432 e. The SMILES string of the molecule is CCC(N)(CC)COC(=O)OC(C)C. The minimum atomic E-state index is -0.642. The van der Waals surface area contributed by atoms with E-state index in [1.54, 1.807) is 13.8 Å². The van der Waals surface area contributed by atoms with E-state index in [4.69, 9.17) is 15.2 Å². The van der Waals surface area contributed by atoms with Crippen LogP contribution < -0.4 is 5.73 Å². The molecule has 0 aliphatic carbocycles. The molecule has 0 amide bonds. The molecule has 0 aromatic rings. The van der Waals surface area contributed by atoms with Gasteiger partial charge in [0.15, 0.2) is 0 Å². The molecule has 84 valence electrons. The largest absolute Gasteiger partial charge is 0.508 e. The molecule has 0 aliphatic heterocycles. The predicted molar refractivity (Wildman–Crippen MR) is 55.1 cm³/mol. The second-order valence-corrected chi connectivity index (χ2v) is 3.77. The zero-order valence-electron chi connectivity index (χ0n) is 9.50. The van der Waals surface area contributed by atoms with Crippen LogP contribution in [0.3, 0.4) is 0 Å². The Hall–Kier alpha value is -0.770. The van der Waals surface area contributed by atoms with E-state index >= 15 is 0 Å². The average molecular weight is 203 g/mol. The van der Waals surface area contributed by atoms with Crippen molar-refractivity contribution < 1.29 is 14.3 Å². The van der Waals surface area contributed by atoms with Gasteiger partial charge in [-0.15, -0.1) is 0 Å². The van der Waals surface area contributed by atoms with Crippen molar-refractivity contribution in [1.82, 2.24) is 0 Å². The van der Waals surface area contributed by atoms with Gasteiger partial charge in [0.25, 0.3) is 0 Å². The fraction of sp³-hybridized carbons (Fsp3) is 0.900. The summed E-state index contributed by atoms with van der Waals surface area (Å²) in [7, 11) is 0. The molecule has 14 heavy (non-hydrogen) atoms. The van der Waals surface area contributed by atoms with Crippen molar-refractivity contribution in [1.29, 1.82) is 0 Å². The number of nitrogens with two attached hydrogens (primary N) is 1. The van der Waals surface area contributed by atoms with Gasteiger partial charge >= 0.3 is 6.16 Å². The van der Waals surface area contributed by atoms with Crippen molar-refractivity contribution in [2.24, 2.45) is 5.73 Å². The van der Waals surface area contributed by atoms with Crippen LogP contribution in [0.2, 0.25) is 0 Å². The van der Waals surface area contributed by atoms with Crippen LogP contribution in [0.5, 0.6) is 0 Å². The molecule has 0 aliphatic rings. The first-order chi connectivity index (χ1) is 6.43. The van der Waals surface area contributed by atoms with Gasteiger partial charge in [-0.3, -0.25) is 0 Å². The van der Waals surface area contributed by atoms with E-state index in [1.165, 1.54) is 0 Å². The molecule has 0 spiro atoms. The standard InChI is InChI=1S/C10H21NO3/c1-5-10(11,6-2)7-13-9(12)14-8(3)4/h8H,5-7,11H2,1-4H3. The Labute approximate surface area is 85.8 Å². The highest BCUT2D eigenvalue weighted by Crippen LogP contribution is 2.11. The van der Waals surface area contributed by atoms with Crippen molar-refractivity contribution in [3.8, 4) is 0 Å². The monoisotopic (exact) mass is 203 g/mol. The summed E-state index contributed by atoms with van der Waals surface area (Å²) >= 11 is 0. The van der Waals surface area contributed by atoms with Crippen LogP contribution in [0.1, 0.15) is 40.5 Å². The lowest BCUT2D eigenvalue weighted by atomic mass is 9.96. The summed E-state index contributed by atoms with van der Waals surface area (Å²) in [6.45, 7) is 7.71. The maximum atomic E-state index is 11.0. The normalized spacial score (nSPS) is 11.6. The maximum Gasteiger partial charge on any atom is 0.508 e. The Morgan fingerprint density at radius 3 is 2.21 bits per heavy atom. The second-order valence-electron chi connectivity index (χ2n) is 3.77. The van der Waals surface area contributed by atoms with Crippen LogP contribution in [0.15, 0.2) is 0 Å². The summed E-state index contributed by atoms with van der Waals surface area (Å²) in [5.41, 5.74) is 5.52. The Morgan fingerprint density at radius 2 is 1.86 bits per heavy atom. The first-order valence-corrected chi connectivity index (χ1v) is 5.05. The van der Waals surface area contributed by atoms with E-state index in [0.29, 0.717) is 0 Å². The fourth-order valence-corrected chi connectivity index (χ4v) is 0.883. The third-order valence-corrected chi connectivity index (χ3v) is 2.22. The molecule has 0 heterocycles. The fourth-order valence-electron chi connectivity index (χ4n) is 0.883. The molecular weight excluding hydrogens is 182 g/mol. The zero-order chi connectivity index (χ0) is 11.2. The summed E-state index contributed by atoms with van der Waals surface area (Å²) in [6.07, 6.45) is 0.756. The third-order valence-electron chi connectivity index (χ3n) is 2.22.